The van der Waals surface area contributed by atoms with E-state index in [-0.39, 0.29) is 30.5 Å². The summed E-state index contributed by atoms with van der Waals surface area (Å²) in [4.78, 5) is 15.2. The van der Waals surface area contributed by atoms with E-state index in [0.717, 1.165) is 16.7 Å². The van der Waals surface area contributed by atoms with Crippen LogP contribution in [0.1, 0.15) is 29.5 Å². The van der Waals surface area contributed by atoms with Crippen molar-refractivity contribution in [1.29, 1.82) is 0 Å². The number of ketones is 1. The van der Waals surface area contributed by atoms with Crippen molar-refractivity contribution in [2.45, 2.75) is 50.5 Å². The Labute approximate surface area is 223 Å². The highest BCUT2D eigenvalue weighted by Gasteiger charge is 2.32. The van der Waals surface area contributed by atoms with Gasteiger partial charge in [0, 0.05) is 13.1 Å². The molecule has 2 aliphatic heterocycles. The van der Waals surface area contributed by atoms with Crippen LogP contribution in [0.4, 0.5) is 8.78 Å². The summed E-state index contributed by atoms with van der Waals surface area (Å²) in [5.74, 6) is 0.342. The monoisotopic (exact) mass is 571 g/mol. The average molecular weight is 572 g/mol. The number of benzene rings is 3. The molecule has 0 fully saturated rings. The Morgan fingerprint density at radius 2 is 1.76 bits per heavy atom. The number of aliphatic hydroxyl groups is 1. The fourth-order valence-electron chi connectivity index (χ4n) is 5.03. The lowest BCUT2D eigenvalue weighted by Gasteiger charge is -2.34. The summed E-state index contributed by atoms with van der Waals surface area (Å²) in [6.45, 7) is 0.774. The topological polar surface area (TPSA) is 59.0 Å². The van der Waals surface area contributed by atoms with Gasteiger partial charge in [-0.3, -0.25) is 9.69 Å². The van der Waals surface area contributed by atoms with Crippen molar-refractivity contribution in [2.75, 3.05) is 13.1 Å². The molecular formula is C29H28BrF2NO4. The molecule has 8 heteroatoms. The van der Waals surface area contributed by atoms with Gasteiger partial charge in [-0.05, 0) is 88.6 Å². The molecule has 2 heterocycles. The molecule has 37 heavy (non-hydrogen) atoms. The van der Waals surface area contributed by atoms with Crippen molar-refractivity contribution >= 4 is 21.7 Å². The molecule has 3 aromatic carbocycles. The van der Waals surface area contributed by atoms with Crippen LogP contribution < -0.4 is 9.47 Å². The molecule has 5 nitrogen and oxygen atoms in total. The first-order chi connectivity index (χ1) is 17.9. The van der Waals surface area contributed by atoms with Gasteiger partial charge in [0.1, 0.15) is 35.3 Å². The molecule has 1 N–H and O–H groups in total. The predicted octanol–water partition coefficient (Wildman–Crippen LogP) is 5.25. The second kappa shape index (κ2) is 11.3. The molecule has 0 radical (unpaired) electrons. The molecule has 194 valence electrons. The first-order valence-corrected chi connectivity index (χ1v) is 13.2. The van der Waals surface area contributed by atoms with E-state index in [0.29, 0.717) is 48.2 Å². The number of fused-ring (bicyclic) bond motifs is 2. The first kappa shape index (κ1) is 25.8. The van der Waals surface area contributed by atoms with Gasteiger partial charge in [0.15, 0.2) is 11.9 Å². The van der Waals surface area contributed by atoms with Gasteiger partial charge in [0.2, 0.25) is 0 Å². The SMILES string of the molecule is O=C(CN(Cc1ccccc1)C[C@H](O)[C@H]1CCc2cc(F)cc(Br)c2O1)[C@@H]1CCc2cc(F)ccc2O1. The third-order valence-corrected chi connectivity index (χ3v) is 7.47. The number of aryl methyl sites for hydroxylation is 2. The lowest BCUT2D eigenvalue weighted by atomic mass is 9.98. The number of hydrogen-bond donors (Lipinski definition) is 1. The quantitative estimate of drug-likeness (QED) is 0.400. The number of rotatable bonds is 8. The van der Waals surface area contributed by atoms with Crippen LogP contribution in [0.2, 0.25) is 0 Å². The van der Waals surface area contributed by atoms with E-state index in [1.54, 1.807) is 6.07 Å². The Bertz CT molecular complexity index is 1270. The zero-order chi connectivity index (χ0) is 25.9. The lowest BCUT2D eigenvalue weighted by molar-refractivity contribution is -0.128. The Morgan fingerprint density at radius 3 is 2.57 bits per heavy atom. The molecule has 0 aliphatic carbocycles. The number of Topliss-reactive ketones (excluding diaryl/α,β-unsaturated/α-hetero) is 1. The summed E-state index contributed by atoms with van der Waals surface area (Å²) in [6.07, 6.45) is 0.182. The van der Waals surface area contributed by atoms with Crippen LogP contribution in [0.25, 0.3) is 0 Å². The molecular weight excluding hydrogens is 544 g/mol. The van der Waals surface area contributed by atoms with Crippen LogP contribution in [0.3, 0.4) is 0 Å². The van der Waals surface area contributed by atoms with E-state index in [4.69, 9.17) is 9.47 Å². The van der Waals surface area contributed by atoms with Gasteiger partial charge in [-0.1, -0.05) is 30.3 Å². The average Bonchev–Trinajstić information content (AvgIpc) is 2.88. The summed E-state index contributed by atoms with van der Waals surface area (Å²) in [7, 11) is 0. The number of halogens is 3. The fourth-order valence-corrected chi connectivity index (χ4v) is 5.59. The van der Waals surface area contributed by atoms with Crippen molar-refractivity contribution in [3.05, 3.63) is 93.5 Å². The second-order valence-corrected chi connectivity index (χ2v) is 10.5. The molecule has 3 aromatic rings. The summed E-state index contributed by atoms with van der Waals surface area (Å²) in [6, 6.07) is 16.9. The van der Waals surface area contributed by atoms with Gasteiger partial charge >= 0.3 is 0 Å². The van der Waals surface area contributed by atoms with Crippen molar-refractivity contribution in [3.63, 3.8) is 0 Å². The van der Waals surface area contributed by atoms with Crippen molar-refractivity contribution in [2.24, 2.45) is 0 Å². The minimum Gasteiger partial charge on any atom is -0.486 e. The molecule has 0 spiro atoms. The largest absolute Gasteiger partial charge is 0.486 e. The van der Waals surface area contributed by atoms with Crippen LogP contribution in [0.5, 0.6) is 11.5 Å². The number of ether oxygens (including phenoxy) is 2. The zero-order valence-corrected chi connectivity index (χ0v) is 21.8. The number of nitrogens with zero attached hydrogens (tertiary/aromatic N) is 1. The normalized spacial score (nSPS) is 19.4. The maximum Gasteiger partial charge on any atom is 0.187 e. The molecule has 0 amide bonds. The molecule has 0 bridgehead atoms. The molecule has 3 atom stereocenters. The van der Waals surface area contributed by atoms with Gasteiger partial charge < -0.3 is 14.6 Å². The highest BCUT2D eigenvalue weighted by Crippen LogP contribution is 2.36. The maximum atomic E-state index is 13.8. The van der Waals surface area contributed by atoms with Crippen molar-refractivity contribution in [3.8, 4) is 11.5 Å². The number of carbonyl (C=O) groups excluding carboxylic acids is 1. The van der Waals surface area contributed by atoms with E-state index in [2.05, 4.69) is 15.9 Å². The van der Waals surface area contributed by atoms with Gasteiger partial charge in [-0.25, -0.2) is 8.78 Å². The summed E-state index contributed by atoms with van der Waals surface area (Å²) in [5, 5.41) is 11.1. The highest BCUT2D eigenvalue weighted by molar-refractivity contribution is 9.10. The smallest absolute Gasteiger partial charge is 0.187 e. The maximum absolute atomic E-state index is 13.8. The van der Waals surface area contributed by atoms with E-state index < -0.39 is 18.3 Å². The third kappa shape index (κ3) is 6.20. The third-order valence-electron chi connectivity index (χ3n) is 6.88. The summed E-state index contributed by atoms with van der Waals surface area (Å²) < 4.78 is 39.8. The number of aliphatic hydroxyl groups excluding tert-OH is 1. The molecule has 0 saturated heterocycles. The van der Waals surface area contributed by atoms with E-state index in [9.17, 15) is 18.7 Å². The van der Waals surface area contributed by atoms with Crippen molar-refractivity contribution in [1.82, 2.24) is 4.90 Å². The summed E-state index contributed by atoms with van der Waals surface area (Å²) >= 11 is 3.36. The highest BCUT2D eigenvalue weighted by atomic mass is 79.9. The van der Waals surface area contributed by atoms with Crippen LogP contribution in [-0.4, -0.2) is 47.2 Å². The van der Waals surface area contributed by atoms with Crippen LogP contribution in [0, 0.1) is 11.6 Å². The predicted molar refractivity (Wildman–Crippen MR) is 139 cm³/mol. The molecule has 2 aliphatic rings. The minimum atomic E-state index is -0.863. The Morgan fingerprint density at radius 1 is 1.00 bits per heavy atom. The Balaban J connectivity index is 1.28. The molecule has 0 aromatic heterocycles. The zero-order valence-electron chi connectivity index (χ0n) is 20.2. The van der Waals surface area contributed by atoms with Gasteiger partial charge in [0.05, 0.1) is 11.0 Å². The molecule has 0 saturated carbocycles. The Hall–Kier alpha value is -2.81. The molecule has 0 unspecified atom stereocenters. The second-order valence-electron chi connectivity index (χ2n) is 9.66. The van der Waals surface area contributed by atoms with Gasteiger partial charge in [-0.15, -0.1) is 0 Å². The number of carbonyl (C=O) groups is 1. The fraction of sp³-hybridized carbons (Fsp3) is 0.345. The molecule has 5 rings (SSSR count). The lowest BCUT2D eigenvalue weighted by Crippen LogP contribution is -2.46. The van der Waals surface area contributed by atoms with Crippen molar-refractivity contribution < 1.29 is 28.2 Å². The van der Waals surface area contributed by atoms with Crippen LogP contribution in [0.15, 0.2) is 65.1 Å². The van der Waals surface area contributed by atoms with Crippen LogP contribution >= 0.6 is 15.9 Å². The van der Waals surface area contributed by atoms with Crippen LogP contribution in [-0.2, 0) is 24.2 Å². The standard InChI is InChI=1S/C29H28BrF2NO4/c30-23-14-22(32)13-20-7-10-28(37-29(20)23)25(35)17-33(15-18-4-2-1-3-5-18)16-24(34)27-9-6-19-12-21(31)8-11-26(19)36-27/h1-5,8,11-14,25,27-28,35H,6-7,9-10,15-17H2/t25-,27-,28+/m0/s1. The Kier molecular flexibility index (Phi) is 7.88. The van der Waals surface area contributed by atoms with E-state index in [1.165, 1.54) is 24.3 Å². The van der Waals surface area contributed by atoms with Gasteiger partial charge in [0.25, 0.3) is 0 Å². The summed E-state index contributed by atoms with van der Waals surface area (Å²) in [5.41, 5.74) is 2.55. The number of hydrogen-bond acceptors (Lipinski definition) is 5. The first-order valence-electron chi connectivity index (χ1n) is 12.4. The van der Waals surface area contributed by atoms with E-state index in [1.807, 2.05) is 35.2 Å². The van der Waals surface area contributed by atoms with E-state index >= 15 is 0 Å². The van der Waals surface area contributed by atoms with Gasteiger partial charge in [-0.2, -0.15) is 0 Å². The minimum absolute atomic E-state index is 0.0887.